The zero-order valence-corrected chi connectivity index (χ0v) is 13.3. The lowest BCUT2D eigenvalue weighted by atomic mass is 10.1. The molecule has 6 nitrogen and oxygen atoms in total. The number of thiophene rings is 1. The third-order valence-corrected chi connectivity index (χ3v) is 4.23. The van der Waals surface area contributed by atoms with Crippen molar-refractivity contribution in [1.29, 1.82) is 0 Å². The smallest absolute Gasteiger partial charge is 0.331 e. The maximum Gasteiger partial charge on any atom is 0.331 e. The topological polar surface area (TPSA) is 95.5 Å². The summed E-state index contributed by atoms with van der Waals surface area (Å²) in [4.78, 5) is 35.0. The van der Waals surface area contributed by atoms with Crippen LogP contribution < -0.4 is 10.6 Å². The molecule has 0 saturated heterocycles. The number of carbonyl (C=O) groups is 3. The molecular weight excluding hydrogens is 316 g/mol. The summed E-state index contributed by atoms with van der Waals surface area (Å²) in [6, 6.07) is 2.47. The number of halogens is 1. The fraction of sp³-hybridized carbons (Fsp3) is 0.308. The highest BCUT2D eigenvalue weighted by Crippen LogP contribution is 2.26. The largest absolute Gasteiger partial charge is 0.478 e. The van der Waals surface area contributed by atoms with Gasteiger partial charge in [-0.05, 0) is 32.9 Å². The van der Waals surface area contributed by atoms with Crippen LogP contribution in [0.1, 0.15) is 31.7 Å². The normalized spacial score (nSPS) is 13.1. The van der Waals surface area contributed by atoms with Crippen molar-refractivity contribution in [2.45, 2.75) is 26.8 Å². The van der Waals surface area contributed by atoms with Crippen LogP contribution in [-0.2, 0) is 9.59 Å². The van der Waals surface area contributed by atoms with Gasteiger partial charge >= 0.3 is 12.0 Å². The molecule has 0 spiro atoms. The SMILES string of the molecule is CC(C(=O)O)=C(C)C(=O)NC(=O)NC(C)c1ccc(Cl)s1. The van der Waals surface area contributed by atoms with Crippen molar-refractivity contribution in [3.05, 3.63) is 32.5 Å². The monoisotopic (exact) mass is 330 g/mol. The molecule has 0 aliphatic carbocycles. The molecule has 114 valence electrons. The standard InChI is InChI=1S/C13H15ClN2O4S/c1-6(7(2)12(18)19)11(17)16-13(20)15-8(3)9-4-5-10(14)21-9/h4-5,8H,1-3H3,(H,18,19)(H2,15,16,17,20). The Bertz CT molecular complexity index is 609. The zero-order chi connectivity index (χ0) is 16.2. The summed E-state index contributed by atoms with van der Waals surface area (Å²) in [5.74, 6) is -1.95. The van der Waals surface area contributed by atoms with E-state index in [-0.39, 0.29) is 17.2 Å². The predicted octanol–water partition coefficient (Wildman–Crippen LogP) is 2.71. The first-order valence-electron chi connectivity index (χ1n) is 6.00. The molecule has 0 aliphatic rings. The summed E-state index contributed by atoms with van der Waals surface area (Å²) in [6.07, 6.45) is 0. The number of hydrogen-bond donors (Lipinski definition) is 3. The quantitative estimate of drug-likeness (QED) is 0.740. The first-order valence-corrected chi connectivity index (χ1v) is 7.19. The molecule has 1 atom stereocenters. The van der Waals surface area contributed by atoms with Gasteiger partial charge in [-0.3, -0.25) is 10.1 Å². The number of rotatable bonds is 4. The molecule has 3 amide bonds. The molecule has 0 aromatic carbocycles. The van der Waals surface area contributed by atoms with Gasteiger partial charge in [0, 0.05) is 16.0 Å². The van der Waals surface area contributed by atoms with E-state index in [1.165, 1.54) is 25.2 Å². The van der Waals surface area contributed by atoms with Crippen LogP contribution in [0.4, 0.5) is 4.79 Å². The maximum absolute atomic E-state index is 11.7. The Kier molecular flexibility index (Phi) is 5.92. The van der Waals surface area contributed by atoms with Gasteiger partial charge in [-0.25, -0.2) is 9.59 Å². The van der Waals surface area contributed by atoms with E-state index in [0.717, 1.165) is 4.88 Å². The Morgan fingerprint density at radius 3 is 2.33 bits per heavy atom. The number of aliphatic carboxylic acids is 1. The van der Waals surface area contributed by atoms with Crippen LogP contribution in [0.5, 0.6) is 0 Å². The number of imide groups is 1. The average Bonchev–Trinajstić information content (AvgIpc) is 2.83. The Labute approximate surface area is 130 Å². The summed E-state index contributed by atoms with van der Waals surface area (Å²) in [5.41, 5.74) is -0.136. The van der Waals surface area contributed by atoms with Crippen molar-refractivity contribution in [3.8, 4) is 0 Å². The number of carboxylic acids is 1. The fourth-order valence-electron chi connectivity index (χ4n) is 1.39. The highest BCUT2D eigenvalue weighted by atomic mass is 35.5. The van der Waals surface area contributed by atoms with E-state index in [4.69, 9.17) is 16.7 Å². The number of urea groups is 1. The first-order chi connectivity index (χ1) is 9.72. The van der Waals surface area contributed by atoms with Gasteiger partial charge < -0.3 is 10.4 Å². The van der Waals surface area contributed by atoms with Gasteiger partial charge in [0.25, 0.3) is 5.91 Å². The minimum Gasteiger partial charge on any atom is -0.478 e. The molecule has 1 aromatic heterocycles. The number of carbonyl (C=O) groups excluding carboxylic acids is 2. The molecule has 0 radical (unpaired) electrons. The van der Waals surface area contributed by atoms with Crippen LogP contribution in [0, 0.1) is 0 Å². The van der Waals surface area contributed by atoms with Gasteiger partial charge in [-0.2, -0.15) is 0 Å². The van der Waals surface area contributed by atoms with Crippen molar-refractivity contribution < 1.29 is 19.5 Å². The first kappa shape index (κ1) is 17.2. The second-order valence-electron chi connectivity index (χ2n) is 4.35. The van der Waals surface area contributed by atoms with Crippen molar-refractivity contribution in [2.75, 3.05) is 0 Å². The van der Waals surface area contributed by atoms with Crippen LogP contribution in [0.25, 0.3) is 0 Å². The zero-order valence-electron chi connectivity index (χ0n) is 11.7. The van der Waals surface area contributed by atoms with E-state index in [0.29, 0.717) is 4.34 Å². The van der Waals surface area contributed by atoms with Crippen molar-refractivity contribution in [1.82, 2.24) is 10.6 Å². The van der Waals surface area contributed by atoms with E-state index in [9.17, 15) is 14.4 Å². The number of nitrogens with one attached hydrogen (secondary N) is 2. The van der Waals surface area contributed by atoms with Crippen LogP contribution >= 0.6 is 22.9 Å². The lowest BCUT2D eigenvalue weighted by Crippen LogP contribution is -2.41. The summed E-state index contributed by atoms with van der Waals surface area (Å²) < 4.78 is 0.603. The lowest BCUT2D eigenvalue weighted by Gasteiger charge is -2.13. The second kappa shape index (κ2) is 7.24. The lowest BCUT2D eigenvalue weighted by molar-refractivity contribution is -0.133. The second-order valence-corrected chi connectivity index (χ2v) is 6.09. The molecule has 1 unspecified atom stereocenters. The summed E-state index contributed by atoms with van der Waals surface area (Å²) in [5, 5.41) is 13.4. The Hall–Kier alpha value is -1.86. The number of amides is 3. The molecule has 1 heterocycles. The van der Waals surface area contributed by atoms with E-state index in [1.807, 2.05) is 0 Å². The third kappa shape index (κ3) is 4.87. The Morgan fingerprint density at radius 1 is 1.24 bits per heavy atom. The molecule has 0 saturated carbocycles. The predicted molar refractivity (Wildman–Crippen MR) is 80.4 cm³/mol. The highest BCUT2D eigenvalue weighted by molar-refractivity contribution is 7.16. The molecule has 1 rings (SSSR count). The number of hydrogen-bond acceptors (Lipinski definition) is 4. The van der Waals surface area contributed by atoms with Crippen LogP contribution in [0.2, 0.25) is 4.34 Å². The maximum atomic E-state index is 11.7. The van der Waals surface area contributed by atoms with Crippen molar-refractivity contribution >= 4 is 40.8 Å². The molecule has 0 bridgehead atoms. The van der Waals surface area contributed by atoms with E-state index in [1.54, 1.807) is 19.1 Å². The highest BCUT2D eigenvalue weighted by Gasteiger charge is 2.17. The third-order valence-electron chi connectivity index (χ3n) is 2.82. The molecule has 0 aliphatic heterocycles. The van der Waals surface area contributed by atoms with E-state index < -0.39 is 17.9 Å². The number of carboxylic acid groups (broad SMARTS) is 1. The van der Waals surface area contributed by atoms with Gasteiger partial charge in [-0.1, -0.05) is 11.6 Å². The van der Waals surface area contributed by atoms with Gasteiger partial charge in [0.1, 0.15) is 0 Å². The van der Waals surface area contributed by atoms with E-state index >= 15 is 0 Å². The summed E-state index contributed by atoms with van der Waals surface area (Å²) in [6.45, 7) is 4.39. The summed E-state index contributed by atoms with van der Waals surface area (Å²) >= 11 is 7.13. The van der Waals surface area contributed by atoms with Gasteiger partial charge in [0.2, 0.25) is 0 Å². The minimum absolute atomic E-state index is 0.0236. The van der Waals surface area contributed by atoms with Crippen molar-refractivity contribution in [2.24, 2.45) is 0 Å². The molecule has 3 N–H and O–H groups in total. The fourth-order valence-corrected chi connectivity index (χ4v) is 2.46. The van der Waals surface area contributed by atoms with Gasteiger partial charge in [-0.15, -0.1) is 11.3 Å². The van der Waals surface area contributed by atoms with Crippen molar-refractivity contribution in [3.63, 3.8) is 0 Å². The molecule has 8 heteroatoms. The Balaban J connectivity index is 2.64. The van der Waals surface area contributed by atoms with Gasteiger partial charge in [0.05, 0.1) is 10.4 Å². The molecule has 0 fully saturated rings. The minimum atomic E-state index is -1.20. The van der Waals surface area contributed by atoms with Crippen LogP contribution in [-0.4, -0.2) is 23.0 Å². The Morgan fingerprint density at radius 2 is 1.86 bits per heavy atom. The van der Waals surface area contributed by atoms with Crippen LogP contribution in [0.15, 0.2) is 23.3 Å². The summed E-state index contributed by atoms with van der Waals surface area (Å²) in [7, 11) is 0. The molecular formula is C13H15ClN2O4S. The van der Waals surface area contributed by atoms with Gasteiger partial charge in [0.15, 0.2) is 0 Å². The molecule has 21 heavy (non-hydrogen) atoms. The average molecular weight is 331 g/mol. The molecule has 1 aromatic rings. The van der Waals surface area contributed by atoms with E-state index in [2.05, 4.69) is 10.6 Å². The van der Waals surface area contributed by atoms with Crippen LogP contribution in [0.3, 0.4) is 0 Å².